The molecule has 0 radical (unpaired) electrons. The molecular weight excluding hydrogens is 427 g/mol. The number of anilines is 2. The SMILES string of the molecule is O=C(CN1CCN(C(=O)c2ccc(NC(=O)c3ccco3)cc2)CC1)Nc1ccc(F)cc1. The Balaban J connectivity index is 1.24. The zero-order valence-electron chi connectivity index (χ0n) is 17.8. The number of rotatable bonds is 6. The van der Waals surface area contributed by atoms with Crippen molar-refractivity contribution in [3.63, 3.8) is 0 Å². The average molecular weight is 450 g/mol. The third-order valence-electron chi connectivity index (χ3n) is 5.29. The molecule has 2 heterocycles. The Hall–Kier alpha value is -3.98. The summed E-state index contributed by atoms with van der Waals surface area (Å²) in [6, 6.07) is 15.5. The number of benzene rings is 2. The normalized spacial score (nSPS) is 14.0. The molecular formula is C24H23FN4O4. The van der Waals surface area contributed by atoms with Gasteiger partial charge in [0.05, 0.1) is 12.8 Å². The molecule has 3 amide bonds. The van der Waals surface area contributed by atoms with E-state index in [2.05, 4.69) is 10.6 Å². The maximum atomic E-state index is 13.0. The summed E-state index contributed by atoms with van der Waals surface area (Å²) in [6.45, 7) is 2.34. The molecule has 0 aliphatic carbocycles. The summed E-state index contributed by atoms with van der Waals surface area (Å²) >= 11 is 0. The second-order valence-electron chi connectivity index (χ2n) is 7.63. The van der Waals surface area contributed by atoms with Crippen molar-refractivity contribution in [1.29, 1.82) is 0 Å². The van der Waals surface area contributed by atoms with E-state index in [9.17, 15) is 18.8 Å². The van der Waals surface area contributed by atoms with Gasteiger partial charge in [0.15, 0.2) is 5.76 Å². The highest BCUT2D eigenvalue weighted by Crippen LogP contribution is 2.15. The minimum Gasteiger partial charge on any atom is -0.459 e. The van der Waals surface area contributed by atoms with E-state index in [4.69, 9.17) is 4.42 Å². The van der Waals surface area contributed by atoms with Gasteiger partial charge in [-0.2, -0.15) is 0 Å². The molecule has 2 N–H and O–H groups in total. The summed E-state index contributed by atoms with van der Waals surface area (Å²) in [7, 11) is 0. The fourth-order valence-electron chi connectivity index (χ4n) is 3.53. The van der Waals surface area contributed by atoms with Crippen LogP contribution in [0.3, 0.4) is 0 Å². The van der Waals surface area contributed by atoms with E-state index in [1.54, 1.807) is 41.3 Å². The first kappa shape index (κ1) is 22.2. The standard InChI is InChI=1S/C24H23FN4O4/c25-18-5-9-19(10-6-18)26-22(30)16-28-11-13-29(14-12-28)24(32)17-3-7-20(8-4-17)27-23(31)21-2-1-15-33-21/h1-10,15H,11-14,16H2,(H,26,30)(H,27,31). The minimum absolute atomic E-state index is 0.102. The van der Waals surface area contributed by atoms with Gasteiger partial charge in [-0.3, -0.25) is 19.3 Å². The van der Waals surface area contributed by atoms with Crippen molar-refractivity contribution in [1.82, 2.24) is 9.80 Å². The number of nitrogens with one attached hydrogen (secondary N) is 2. The molecule has 9 heteroatoms. The number of nitrogens with zero attached hydrogens (tertiary/aromatic N) is 2. The molecule has 1 aromatic heterocycles. The number of amides is 3. The van der Waals surface area contributed by atoms with Crippen LogP contribution in [0.5, 0.6) is 0 Å². The van der Waals surface area contributed by atoms with Gasteiger partial charge in [0.25, 0.3) is 11.8 Å². The number of hydrogen-bond acceptors (Lipinski definition) is 5. The van der Waals surface area contributed by atoms with Crippen molar-refractivity contribution < 1.29 is 23.2 Å². The van der Waals surface area contributed by atoms with Crippen LogP contribution in [0.25, 0.3) is 0 Å². The van der Waals surface area contributed by atoms with Crippen molar-refractivity contribution in [3.05, 3.63) is 84.1 Å². The van der Waals surface area contributed by atoms with E-state index in [-0.39, 0.29) is 35.8 Å². The van der Waals surface area contributed by atoms with Crippen molar-refractivity contribution in [2.24, 2.45) is 0 Å². The van der Waals surface area contributed by atoms with Gasteiger partial charge in [0.1, 0.15) is 5.82 Å². The Morgan fingerprint density at radius 3 is 2.12 bits per heavy atom. The lowest BCUT2D eigenvalue weighted by Gasteiger charge is -2.34. The molecule has 0 unspecified atom stereocenters. The zero-order chi connectivity index (χ0) is 23.2. The summed E-state index contributed by atoms with van der Waals surface area (Å²) in [5.74, 6) is -0.803. The van der Waals surface area contributed by atoms with Crippen LogP contribution in [0.2, 0.25) is 0 Å². The maximum absolute atomic E-state index is 13.0. The monoisotopic (exact) mass is 450 g/mol. The molecule has 3 aromatic rings. The lowest BCUT2D eigenvalue weighted by atomic mass is 10.1. The van der Waals surface area contributed by atoms with Gasteiger partial charge in [0, 0.05) is 43.1 Å². The number of piperazine rings is 1. The van der Waals surface area contributed by atoms with Crippen molar-refractivity contribution >= 4 is 29.1 Å². The zero-order valence-corrected chi connectivity index (χ0v) is 17.8. The van der Waals surface area contributed by atoms with Crippen molar-refractivity contribution in [2.75, 3.05) is 43.4 Å². The van der Waals surface area contributed by atoms with Gasteiger partial charge >= 0.3 is 0 Å². The van der Waals surface area contributed by atoms with E-state index in [0.29, 0.717) is 43.1 Å². The summed E-state index contributed by atoms with van der Waals surface area (Å²) in [5.41, 5.74) is 1.62. The number of hydrogen-bond donors (Lipinski definition) is 2. The second-order valence-corrected chi connectivity index (χ2v) is 7.63. The Morgan fingerprint density at radius 1 is 0.848 bits per heavy atom. The highest BCUT2D eigenvalue weighted by molar-refractivity contribution is 6.02. The lowest BCUT2D eigenvalue weighted by molar-refractivity contribution is -0.117. The first-order valence-electron chi connectivity index (χ1n) is 10.5. The molecule has 1 fully saturated rings. The number of carbonyl (C=O) groups is 3. The molecule has 1 saturated heterocycles. The third-order valence-corrected chi connectivity index (χ3v) is 5.29. The summed E-state index contributed by atoms with van der Waals surface area (Å²) in [4.78, 5) is 40.8. The smallest absolute Gasteiger partial charge is 0.291 e. The van der Waals surface area contributed by atoms with Crippen LogP contribution in [-0.4, -0.2) is 60.2 Å². The van der Waals surface area contributed by atoms with Gasteiger partial charge in [-0.25, -0.2) is 4.39 Å². The fourth-order valence-corrected chi connectivity index (χ4v) is 3.53. The number of furan rings is 1. The summed E-state index contributed by atoms with van der Waals surface area (Å²) in [6.07, 6.45) is 1.42. The molecule has 0 saturated carbocycles. The highest BCUT2D eigenvalue weighted by atomic mass is 19.1. The summed E-state index contributed by atoms with van der Waals surface area (Å²) in [5, 5.41) is 5.45. The van der Waals surface area contributed by atoms with Gasteiger partial charge in [-0.1, -0.05) is 0 Å². The maximum Gasteiger partial charge on any atom is 0.291 e. The van der Waals surface area contributed by atoms with Crippen LogP contribution in [-0.2, 0) is 4.79 Å². The third kappa shape index (κ3) is 5.83. The van der Waals surface area contributed by atoms with E-state index in [0.717, 1.165) is 0 Å². The first-order chi connectivity index (χ1) is 16.0. The van der Waals surface area contributed by atoms with E-state index < -0.39 is 0 Å². The van der Waals surface area contributed by atoms with Crippen LogP contribution in [0, 0.1) is 5.82 Å². The van der Waals surface area contributed by atoms with Crippen LogP contribution in [0.15, 0.2) is 71.3 Å². The van der Waals surface area contributed by atoms with Gasteiger partial charge in [-0.15, -0.1) is 0 Å². The molecule has 0 bridgehead atoms. The molecule has 170 valence electrons. The van der Waals surface area contributed by atoms with Crippen LogP contribution in [0.4, 0.5) is 15.8 Å². The quantitative estimate of drug-likeness (QED) is 0.602. The van der Waals surface area contributed by atoms with Crippen LogP contribution in [0.1, 0.15) is 20.9 Å². The average Bonchev–Trinajstić information content (AvgIpc) is 3.36. The minimum atomic E-state index is -0.362. The highest BCUT2D eigenvalue weighted by Gasteiger charge is 2.23. The predicted octanol–water partition coefficient (Wildman–Crippen LogP) is 3.07. The van der Waals surface area contributed by atoms with Gasteiger partial charge in [0.2, 0.25) is 5.91 Å². The Labute approximate surface area is 190 Å². The molecule has 1 aliphatic rings. The van der Waals surface area contributed by atoms with Crippen molar-refractivity contribution in [2.45, 2.75) is 0 Å². The predicted molar refractivity (Wildman–Crippen MR) is 120 cm³/mol. The number of carbonyl (C=O) groups excluding carboxylic acids is 3. The molecule has 33 heavy (non-hydrogen) atoms. The Morgan fingerprint density at radius 2 is 1.48 bits per heavy atom. The second kappa shape index (κ2) is 10.1. The Kier molecular flexibility index (Phi) is 6.80. The molecule has 4 rings (SSSR count). The molecule has 2 aromatic carbocycles. The van der Waals surface area contributed by atoms with Crippen LogP contribution < -0.4 is 10.6 Å². The van der Waals surface area contributed by atoms with E-state index in [1.165, 1.54) is 30.5 Å². The largest absolute Gasteiger partial charge is 0.459 e. The Bertz CT molecular complexity index is 1110. The van der Waals surface area contributed by atoms with E-state index in [1.807, 2.05) is 4.90 Å². The topological polar surface area (TPSA) is 94.9 Å². The summed E-state index contributed by atoms with van der Waals surface area (Å²) < 4.78 is 18.0. The molecule has 1 aliphatic heterocycles. The van der Waals surface area contributed by atoms with E-state index >= 15 is 0 Å². The fraction of sp³-hybridized carbons (Fsp3) is 0.208. The first-order valence-corrected chi connectivity index (χ1v) is 10.5. The van der Waals surface area contributed by atoms with Gasteiger partial charge in [-0.05, 0) is 60.7 Å². The molecule has 0 spiro atoms. The number of halogens is 1. The van der Waals surface area contributed by atoms with Crippen LogP contribution >= 0.6 is 0 Å². The van der Waals surface area contributed by atoms with Gasteiger partial charge < -0.3 is 20.0 Å². The van der Waals surface area contributed by atoms with Crippen molar-refractivity contribution in [3.8, 4) is 0 Å². The molecule has 8 nitrogen and oxygen atoms in total. The molecule has 0 atom stereocenters. The lowest BCUT2D eigenvalue weighted by Crippen LogP contribution is -2.50.